The summed E-state index contributed by atoms with van der Waals surface area (Å²) in [7, 11) is 0. The quantitative estimate of drug-likeness (QED) is 0.544. The number of aryl methyl sites for hydroxylation is 1. The van der Waals surface area contributed by atoms with E-state index in [1.807, 2.05) is 13.0 Å². The summed E-state index contributed by atoms with van der Waals surface area (Å²) >= 11 is 0. The molecule has 0 saturated heterocycles. The maximum atomic E-state index is 10.2. The number of nitro groups is 1. The first kappa shape index (κ1) is 12.5. The number of non-ortho nitro benzene ring substituents is 1. The van der Waals surface area contributed by atoms with Gasteiger partial charge in [-0.05, 0) is 12.5 Å². The Balaban J connectivity index is 0.000000364. The number of benzene rings is 1. The molecule has 3 N–H and O–H groups in total. The van der Waals surface area contributed by atoms with Gasteiger partial charge < -0.3 is 10.8 Å². The van der Waals surface area contributed by atoms with Crippen molar-refractivity contribution in [3.8, 4) is 0 Å². The Kier molecular flexibility index (Phi) is 6.26. The maximum absolute atomic E-state index is 10.2. The number of nitrogens with zero attached hydrogens (tertiary/aromatic N) is 1. The van der Waals surface area contributed by atoms with Gasteiger partial charge in [0.1, 0.15) is 0 Å². The van der Waals surface area contributed by atoms with Gasteiger partial charge in [0.2, 0.25) is 0 Å². The number of rotatable bonds is 2. The summed E-state index contributed by atoms with van der Waals surface area (Å²) in [6, 6.07) is 6.52. The van der Waals surface area contributed by atoms with E-state index >= 15 is 0 Å². The van der Waals surface area contributed by atoms with Crippen molar-refractivity contribution in [3.05, 3.63) is 39.9 Å². The largest absolute Gasteiger partial charge is 0.395 e. The van der Waals surface area contributed by atoms with Crippen LogP contribution in [0.2, 0.25) is 0 Å². The highest BCUT2D eigenvalue weighted by Crippen LogP contribution is 2.11. The third kappa shape index (κ3) is 5.23. The molecule has 1 aromatic rings. The molecule has 0 aromatic heterocycles. The molecular formula is C9H14N2O3. The van der Waals surface area contributed by atoms with Crippen LogP contribution in [0.1, 0.15) is 5.56 Å². The Morgan fingerprint density at radius 1 is 1.57 bits per heavy atom. The van der Waals surface area contributed by atoms with Crippen LogP contribution in [0.4, 0.5) is 5.69 Å². The maximum Gasteiger partial charge on any atom is 0.269 e. The van der Waals surface area contributed by atoms with E-state index in [4.69, 9.17) is 10.8 Å². The lowest BCUT2D eigenvalue weighted by Gasteiger charge is -1.90. The summed E-state index contributed by atoms with van der Waals surface area (Å²) < 4.78 is 0. The summed E-state index contributed by atoms with van der Waals surface area (Å²) in [6.07, 6.45) is 0. The lowest BCUT2D eigenvalue weighted by Crippen LogP contribution is -2.02. The van der Waals surface area contributed by atoms with Gasteiger partial charge in [-0.2, -0.15) is 0 Å². The Morgan fingerprint density at radius 2 is 2.14 bits per heavy atom. The average molecular weight is 198 g/mol. The van der Waals surface area contributed by atoms with E-state index in [2.05, 4.69) is 0 Å². The van der Waals surface area contributed by atoms with E-state index in [0.717, 1.165) is 5.56 Å². The standard InChI is InChI=1S/C7H7NO2.C2H7NO/c1-6-3-2-4-7(5-6)8(9)10;3-1-2-4/h2-5H,1H3;4H,1-3H2. The monoisotopic (exact) mass is 198 g/mol. The molecular weight excluding hydrogens is 184 g/mol. The van der Waals surface area contributed by atoms with Crippen molar-refractivity contribution in [1.29, 1.82) is 0 Å². The number of hydrogen-bond donors (Lipinski definition) is 2. The molecule has 0 amide bonds. The number of aliphatic hydroxyl groups is 1. The van der Waals surface area contributed by atoms with Crippen LogP contribution in [0, 0.1) is 17.0 Å². The highest BCUT2D eigenvalue weighted by atomic mass is 16.6. The van der Waals surface area contributed by atoms with Crippen molar-refractivity contribution in [2.75, 3.05) is 13.2 Å². The van der Waals surface area contributed by atoms with Crippen LogP contribution in [0.25, 0.3) is 0 Å². The van der Waals surface area contributed by atoms with Gasteiger partial charge in [-0.25, -0.2) is 0 Å². The Bertz CT molecular complexity index is 287. The predicted octanol–water partition coefficient (Wildman–Crippen LogP) is 0.841. The SMILES string of the molecule is Cc1cccc([N+](=O)[O-])c1.NCCO. The van der Waals surface area contributed by atoms with Crippen molar-refractivity contribution in [2.24, 2.45) is 5.73 Å². The molecule has 0 aliphatic heterocycles. The number of nitrogens with two attached hydrogens (primary N) is 1. The molecule has 0 unspecified atom stereocenters. The summed E-state index contributed by atoms with van der Waals surface area (Å²) in [4.78, 5) is 9.76. The van der Waals surface area contributed by atoms with Crippen molar-refractivity contribution in [1.82, 2.24) is 0 Å². The zero-order chi connectivity index (χ0) is 11.0. The predicted molar refractivity (Wildman–Crippen MR) is 54.0 cm³/mol. The molecule has 0 radical (unpaired) electrons. The molecule has 0 saturated carbocycles. The van der Waals surface area contributed by atoms with E-state index in [1.54, 1.807) is 12.1 Å². The van der Waals surface area contributed by atoms with Crippen LogP contribution in [-0.2, 0) is 0 Å². The fourth-order valence-electron chi connectivity index (χ4n) is 0.742. The lowest BCUT2D eigenvalue weighted by molar-refractivity contribution is -0.384. The summed E-state index contributed by atoms with van der Waals surface area (Å²) in [6.45, 7) is 2.30. The highest BCUT2D eigenvalue weighted by molar-refractivity contribution is 5.33. The van der Waals surface area contributed by atoms with E-state index < -0.39 is 4.92 Å². The Morgan fingerprint density at radius 3 is 2.43 bits per heavy atom. The van der Waals surface area contributed by atoms with Crippen LogP contribution in [-0.4, -0.2) is 23.2 Å². The zero-order valence-corrected chi connectivity index (χ0v) is 8.01. The van der Waals surface area contributed by atoms with Gasteiger partial charge in [0, 0.05) is 18.7 Å². The summed E-state index contributed by atoms with van der Waals surface area (Å²) in [5, 5.41) is 17.9. The van der Waals surface area contributed by atoms with Gasteiger partial charge in [-0.15, -0.1) is 0 Å². The fraction of sp³-hybridized carbons (Fsp3) is 0.333. The average Bonchev–Trinajstić information content (AvgIpc) is 2.18. The molecule has 1 rings (SSSR count). The van der Waals surface area contributed by atoms with Crippen molar-refractivity contribution >= 4 is 5.69 Å². The first-order valence-corrected chi connectivity index (χ1v) is 4.13. The van der Waals surface area contributed by atoms with Crippen LogP contribution >= 0.6 is 0 Å². The molecule has 78 valence electrons. The van der Waals surface area contributed by atoms with Crippen LogP contribution < -0.4 is 5.73 Å². The van der Waals surface area contributed by atoms with Crippen molar-refractivity contribution < 1.29 is 10.0 Å². The summed E-state index contributed by atoms with van der Waals surface area (Å²) in [5.74, 6) is 0. The van der Waals surface area contributed by atoms with E-state index in [0.29, 0.717) is 6.54 Å². The molecule has 5 heteroatoms. The molecule has 0 aliphatic rings. The number of aliphatic hydroxyl groups excluding tert-OH is 1. The third-order valence-electron chi connectivity index (χ3n) is 1.34. The van der Waals surface area contributed by atoms with Gasteiger partial charge in [-0.3, -0.25) is 10.1 Å². The molecule has 1 aromatic carbocycles. The minimum Gasteiger partial charge on any atom is -0.395 e. The topological polar surface area (TPSA) is 89.4 Å². The highest BCUT2D eigenvalue weighted by Gasteiger charge is 2.01. The smallest absolute Gasteiger partial charge is 0.269 e. The van der Waals surface area contributed by atoms with Gasteiger partial charge in [-0.1, -0.05) is 12.1 Å². The van der Waals surface area contributed by atoms with Gasteiger partial charge >= 0.3 is 0 Å². The molecule has 0 aliphatic carbocycles. The lowest BCUT2D eigenvalue weighted by atomic mass is 10.2. The molecule has 0 heterocycles. The third-order valence-corrected chi connectivity index (χ3v) is 1.34. The number of hydrogen-bond acceptors (Lipinski definition) is 4. The fourth-order valence-corrected chi connectivity index (χ4v) is 0.742. The minimum absolute atomic E-state index is 0.0972. The second-order valence-electron chi connectivity index (χ2n) is 2.61. The second-order valence-corrected chi connectivity index (χ2v) is 2.61. The summed E-state index contributed by atoms with van der Waals surface area (Å²) in [5.41, 5.74) is 5.84. The number of nitro benzene ring substituents is 1. The second kappa shape index (κ2) is 6.99. The van der Waals surface area contributed by atoms with E-state index in [9.17, 15) is 10.1 Å². The van der Waals surface area contributed by atoms with E-state index in [-0.39, 0.29) is 12.3 Å². The molecule has 0 spiro atoms. The molecule has 0 atom stereocenters. The Labute approximate surface area is 82.3 Å². The normalized spacial score (nSPS) is 8.79. The van der Waals surface area contributed by atoms with Gasteiger partial charge in [0.15, 0.2) is 0 Å². The van der Waals surface area contributed by atoms with Crippen molar-refractivity contribution in [2.45, 2.75) is 6.92 Å². The van der Waals surface area contributed by atoms with Gasteiger partial charge in [0.25, 0.3) is 5.69 Å². The van der Waals surface area contributed by atoms with Crippen LogP contribution in [0.5, 0.6) is 0 Å². The first-order chi connectivity index (χ1) is 6.61. The minimum atomic E-state index is -0.396. The molecule has 14 heavy (non-hydrogen) atoms. The molecule has 0 bridgehead atoms. The van der Waals surface area contributed by atoms with Crippen LogP contribution in [0.3, 0.4) is 0 Å². The zero-order valence-electron chi connectivity index (χ0n) is 8.01. The van der Waals surface area contributed by atoms with E-state index in [1.165, 1.54) is 6.07 Å². The van der Waals surface area contributed by atoms with Crippen LogP contribution in [0.15, 0.2) is 24.3 Å². The Hall–Kier alpha value is -1.46. The molecule has 5 nitrogen and oxygen atoms in total. The van der Waals surface area contributed by atoms with Crippen molar-refractivity contribution in [3.63, 3.8) is 0 Å². The first-order valence-electron chi connectivity index (χ1n) is 4.13. The van der Waals surface area contributed by atoms with Gasteiger partial charge in [0.05, 0.1) is 11.5 Å². The molecule has 0 fully saturated rings.